The van der Waals surface area contributed by atoms with Crippen LogP contribution in [0.3, 0.4) is 0 Å². The number of methoxy groups -OCH3 is 2. The summed E-state index contributed by atoms with van der Waals surface area (Å²) in [5, 5.41) is 3.58. The minimum atomic E-state index is -0.341. The first-order valence-corrected chi connectivity index (χ1v) is 13.2. The van der Waals surface area contributed by atoms with Crippen molar-refractivity contribution in [1.82, 2.24) is 14.9 Å². The molecule has 2 aliphatic heterocycles. The summed E-state index contributed by atoms with van der Waals surface area (Å²) in [5.41, 5.74) is 1.82. The van der Waals surface area contributed by atoms with E-state index in [1.807, 2.05) is 30.3 Å². The Labute approximate surface area is 236 Å². The predicted octanol–water partition coefficient (Wildman–Crippen LogP) is 5.50. The van der Waals surface area contributed by atoms with E-state index >= 15 is 0 Å². The Morgan fingerprint density at radius 3 is 2.28 bits per heavy atom. The summed E-state index contributed by atoms with van der Waals surface area (Å²) in [6.45, 7) is 2.76. The first-order chi connectivity index (χ1) is 18.8. The molecule has 0 spiro atoms. The van der Waals surface area contributed by atoms with E-state index in [0.29, 0.717) is 49.2 Å². The zero-order valence-electron chi connectivity index (χ0n) is 21.8. The molecule has 2 aromatic carbocycles. The van der Waals surface area contributed by atoms with Crippen LogP contribution in [0.2, 0.25) is 10.0 Å². The SMILES string of the molecule is COc1cc(OC)c(Cl)c(N2Cc3cnc(Nc4ccccc4)nc3N(C3CCN(C(C)=O)CC3)C2=O)c1Cl. The number of likely N-dealkylation sites (tertiary alicyclic amines) is 1. The van der Waals surface area contributed by atoms with Crippen molar-refractivity contribution < 1.29 is 19.1 Å². The molecule has 1 saturated heterocycles. The highest BCUT2D eigenvalue weighted by Gasteiger charge is 2.41. The molecule has 3 amide bonds. The number of fused-ring (bicyclic) bond motifs is 1. The van der Waals surface area contributed by atoms with Crippen molar-refractivity contribution in [1.29, 1.82) is 0 Å². The number of urea groups is 1. The summed E-state index contributed by atoms with van der Waals surface area (Å²) in [7, 11) is 2.96. The molecular weight excluding hydrogens is 543 g/mol. The topological polar surface area (TPSA) is 100 Å². The lowest BCUT2D eigenvalue weighted by molar-refractivity contribution is -0.129. The molecule has 0 aliphatic carbocycles. The van der Waals surface area contributed by atoms with E-state index in [0.717, 1.165) is 11.3 Å². The summed E-state index contributed by atoms with van der Waals surface area (Å²) < 4.78 is 10.9. The molecule has 0 bridgehead atoms. The molecule has 2 aliphatic rings. The zero-order valence-corrected chi connectivity index (χ0v) is 23.3. The molecule has 0 unspecified atom stereocenters. The third-order valence-electron chi connectivity index (χ3n) is 6.96. The molecule has 39 heavy (non-hydrogen) atoms. The normalized spacial score (nSPS) is 15.7. The van der Waals surface area contributed by atoms with Gasteiger partial charge in [0.15, 0.2) is 0 Å². The lowest BCUT2D eigenvalue weighted by Crippen LogP contribution is -2.55. The number of hydrogen-bond donors (Lipinski definition) is 1. The van der Waals surface area contributed by atoms with E-state index in [1.54, 1.807) is 29.0 Å². The van der Waals surface area contributed by atoms with Crippen molar-refractivity contribution in [3.63, 3.8) is 0 Å². The summed E-state index contributed by atoms with van der Waals surface area (Å²) >= 11 is 13.4. The lowest BCUT2D eigenvalue weighted by Gasteiger charge is -2.43. The van der Waals surface area contributed by atoms with Crippen molar-refractivity contribution in [3.8, 4) is 11.5 Å². The van der Waals surface area contributed by atoms with Gasteiger partial charge in [0.1, 0.15) is 27.4 Å². The van der Waals surface area contributed by atoms with Crippen molar-refractivity contribution in [2.45, 2.75) is 32.4 Å². The Balaban J connectivity index is 1.58. The van der Waals surface area contributed by atoms with Gasteiger partial charge in [-0.05, 0) is 25.0 Å². The maximum atomic E-state index is 14.3. The number of carbonyl (C=O) groups is 2. The Hall–Kier alpha value is -3.76. The number of nitrogens with zero attached hydrogens (tertiary/aromatic N) is 5. The van der Waals surface area contributed by atoms with Gasteiger partial charge in [0, 0.05) is 49.6 Å². The average molecular weight is 571 g/mol. The predicted molar refractivity (Wildman–Crippen MR) is 151 cm³/mol. The van der Waals surface area contributed by atoms with Crippen molar-refractivity contribution >= 4 is 58.3 Å². The first kappa shape index (κ1) is 26.8. The van der Waals surface area contributed by atoms with E-state index in [-0.39, 0.29) is 40.3 Å². The first-order valence-electron chi connectivity index (χ1n) is 12.5. The largest absolute Gasteiger partial charge is 0.495 e. The van der Waals surface area contributed by atoms with Crippen molar-refractivity contribution in [2.24, 2.45) is 0 Å². The van der Waals surface area contributed by atoms with E-state index in [2.05, 4.69) is 10.3 Å². The van der Waals surface area contributed by atoms with Crippen LogP contribution in [0, 0.1) is 0 Å². The van der Waals surface area contributed by atoms with Gasteiger partial charge in [0.2, 0.25) is 11.9 Å². The molecule has 12 heteroatoms. The highest BCUT2D eigenvalue weighted by molar-refractivity contribution is 6.42. The number of aromatic nitrogens is 2. The van der Waals surface area contributed by atoms with Crippen LogP contribution in [0.1, 0.15) is 25.3 Å². The maximum Gasteiger partial charge on any atom is 0.330 e. The molecule has 3 heterocycles. The molecule has 0 saturated carbocycles. The second-order valence-corrected chi connectivity index (χ2v) is 10.0. The van der Waals surface area contributed by atoms with Crippen molar-refractivity contribution in [3.05, 3.63) is 58.2 Å². The molecular formula is C27H28Cl2N6O4. The fourth-order valence-corrected chi connectivity index (χ4v) is 5.64. The number of hydrogen-bond acceptors (Lipinski definition) is 7. The number of nitrogens with one attached hydrogen (secondary N) is 1. The van der Waals surface area contributed by atoms with Gasteiger partial charge < -0.3 is 19.7 Å². The molecule has 10 nitrogen and oxygen atoms in total. The molecule has 3 aromatic rings. The minimum absolute atomic E-state index is 0.0131. The maximum absolute atomic E-state index is 14.3. The van der Waals surface area contributed by atoms with Crippen LogP contribution in [0.25, 0.3) is 0 Å². The molecule has 0 atom stereocenters. The quantitative estimate of drug-likeness (QED) is 0.417. The number of ether oxygens (including phenoxy) is 2. The van der Waals surface area contributed by atoms with Gasteiger partial charge in [0.25, 0.3) is 0 Å². The van der Waals surface area contributed by atoms with Gasteiger partial charge in [-0.2, -0.15) is 4.98 Å². The summed E-state index contributed by atoms with van der Waals surface area (Å²) in [6.07, 6.45) is 2.88. The second kappa shape index (κ2) is 11.2. The van der Waals surface area contributed by atoms with Crippen LogP contribution in [0.4, 0.5) is 27.9 Å². The van der Waals surface area contributed by atoms with Gasteiger partial charge in [-0.3, -0.25) is 14.6 Å². The molecule has 1 aromatic heterocycles. The van der Waals surface area contributed by atoms with Crippen LogP contribution in [0.15, 0.2) is 42.6 Å². The fraction of sp³-hybridized carbons (Fsp3) is 0.333. The Bertz CT molecular complexity index is 1370. The number of carbonyl (C=O) groups excluding carboxylic acids is 2. The number of piperidine rings is 1. The number of halogens is 2. The summed E-state index contributed by atoms with van der Waals surface area (Å²) in [4.78, 5) is 40.5. The van der Waals surface area contributed by atoms with Crippen LogP contribution in [0.5, 0.6) is 11.5 Å². The number of benzene rings is 2. The van der Waals surface area contributed by atoms with Crippen LogP contribution in [-0.4, -0.2) is 60.2 Å². The van der Waals surface area contributed by atoms with E-state index < -0.39 is 0 Å². The Morgan fingerprint density at radius 1 is 1.05 bits per heavy atom. The van der Waals surface area contributed by atoms with Gasteiger partial charge in [-0.1, -0.05) is 41.4 Å². The minimum Gasteiger partial charge on any atom is -0.495 e. The monoisotopic (exact) mass is 570 g/mol. The van der Waals surface area contributed by atoms with Gasteiger partial charge in [0.05, 0.1) is 26.5 Å². The number of rotatable bonds is 6. The Morgan fingerprint density at radius 2 is 1.69 bits per heavy atom. The number of amides is 3. The lowest BCUT2D eigenvalue weighted by atomic mass is 10.0. The smallest absolute Gasteiger partial charge is 0.330 e. The van der Waals surface area contributed by atoms with Crippen molar-refractivity contribution in [2.75, 3.05) is 42.4 Å². The third-order valence-corrected chi connectivity index (χ3v) is 7.69. The van der Waals surface area contributed by atoms with E-state index in [9.17, 15) is 9.59 Å². The number of para-hydroxylation sites is 1. The molecule has 1 N–H and O–H groups in total. The summed E-state index contributed by atoms with van der Waals surface area (Å²) in [6, 6.07) is 10.6. The van der Waals surface area contributed by atoms with Gasteiger partial charge in [-0.15, -0.1) is 0 Å². The van der Waals surface area contributed by atoms with E-state index in [4.69, 9.17) is 37.7 Å². The highest BCUT2D eigenvalue weighted by Crippen LogP contribution is 2.48. The van der Waals surface area contributed by atoms with Crippen LogP contribution in [-0.2, 0) is 11.3 Å². The molecule has 204 valence electrons. The zero-order chi connectivity index (χ0) is 27.7. The standard InChI is InChI=1S/C27H28Cl2N6O4/c1-16(36)33-11-9-19(10-12-33)35-25-17(14-30-26(32-25)31-18-7-5-4-6-8-18)15-34(27(35)37)24-22(28)20(38-2)13-21(39-3)23(24)29/h4-8,13-14,19H,9-12,15H2,1-3H3,(H,30,31,32). The summed E-state index contributed by atoms with van der Waals surface area (Å²) in [5.74, 6) is 1.54. The second-order valence-electron chi connectivity index (χ2n) is 9.27. The fourth-order valence-electron chi connectivity index (χ4n) is 4.94. The molecule has 5 rings (SSSR count). The van der Waals surface area contributed by atoms with Crippen LogP contribution < -0.4 is 24.6 Å². The van der Waals surface area contributed by atoms with Crippen LogP contribution >= 0.6 is 23.2 Å². The molecule has 0 radical (unpaired) electrons. The van der Waals surface area contributed by atoms with E-state index in [1.165, 1.54) is 19.1 Å². The highest BCUT2D eigenvalue weighted by atomic mass is 35.5. The Kier molecular flexibility index (Phi) is 7.67. The van der Waals surface area contributed by atoms with Gasteiger partial charge in [-0.25, -0.2) is 9.78 Å². The number of anilines is 4. The third kappa shape index (κ3) is 5.14. The van der Waals surface area contributed by atoms with Gasteiger partial charge >= 0.3 is 6.03 Å². The molecule has 1 fully saturated rings. The average Bonchev–Trinajstić information content (AvgIpc) is 2.94.